The average Bonchev–Trinajstić information content (AvgIpc) is 2.70. The second kappa shape index (κ2) is 8.05. The molecule has 0 aliphatic carbocycles. The van der Waals surface area contributed by atoms with Gasteiger partial charge in [-0.15, -0.1) is 0 Å². The van der Waals surface area contributed by atoms with E-state index < -0.39 is 11.7 Å². The fourth-order valence-corrected chi connectivity index (χ4v) is 2.21. The molecule has 136 valence electrons. The van der Waals surface area contributed by atoms with Gasteiger partial charge in [0, 0.05) is 11.1 Å². The lowest BCUT2D eigenvalue weighted by molar-refractivity contribution is 0.0950. The van der Waals surface area contributed by atoms with Gasteiger partial charge in [-0.2, -0.15) is 5.10 Å². The fraction of sp³-hybridized carbons (Fsp3) is 0.0526. The molecule has 1 heterocycles. The lowest BCUT2D eigenvalue weighted by atomic mass is 10.1. The number of carbonyl (C=O) groups is 1. The van der Waals surface area contributed by atoms with Gasteiger partial charge in [0.15, 0.2) is 0 Å². The maximum absolute atomic E-state index is 13.7. The van der Waals surface area contributed by atoms with Crippen molar-refractivity contribution in [1.82, 2.24) is 15.4 Å². The van der Waals surface area contributed by atoms with Crippen LogP contribution in [0.4, 0.5) is 4.39 Å². The molecule has 8 heteroatoms. The molecule has 2 N–H and O–H groups in total. The van der Waals surface area contributed by atoms with Gasteiger partial charge in [0.25, 0.3) is 5.91 Å². The number of hydrogen-bond acceptors (Lipinski definition) is 6. The van der Waals surface area contributed by atoms with Gasteiger partial charge in [-0.05, 0) is 42.5 Å². The number of hydrazone groups is 1. The zero-order chi connectivity index (χ0) is 19.2. The maximum atomic E-state index is 13.7. The number of phenols is 1. The van der Waals surface area contributed by atoms with Gasteiger partial charge in [-0.25, -0.2) is 14.8 Å². The van der Waals surface area contributed by atoms with Crippen LogP contribution in [0.25, 0.3) is 11.3 Å². The summed E-state index contributed by atoms with van der Waals surface area (Å²) in [5.74, 6) is -0.498. The Morgan fingerprint density at radius 3 is 2.74 bits per heavy atom. The van der Waals surface area contributed by atoms with E-state index in [4.69, 9.17) is 4.74 Å². The predicted molar refractivity (Wildman–Crippen MR) is 97.1 cm³/mol. The molecule has 0 atom stereocenters. The highest BCUT2D eigenvalue weighted by molar-refractivity contribution is 5.93. The van der Waals surface area contributed by atoms with Gasteiger partial charge in [-0.1, -0.05) is 0 Å². The molecule has 2 aromatic carbocycles. The first-order valence-electron chi connectivity index (χ1n) is 7.85. The molecule has 3 rings (SSSR count). The lowest BCUT2D eigenvalue weighted by Crippen LogP contribution is -2.19. The van der Waals surface area contributed by atoms with E-state index in [2.05, 4.69) is 20.5 Å². The predicted octanol–water partition coefficient (Wildman–Crippen LogP) is 2.76. The van der Waals surface area contributed by atoms with E-state index in [1.807, 2.05) is 0 Å². The van der Waals surface area contributed by atoms with Gasteiger partial charge < -0.3 is 9.84 Å². The molecule has 27 heavy (non-hydrogen) atoms. The van der Waals surface area contributed by atoms with E-state index >= 15 is 0 Å². The Labute approximate surface area is 154 Å². The number of amides is 1. The number of aromatic hydroxyl groups is 1. The Bertz CT molecular complexity index is 990. The number of rotatable bonds is 5. The Kier molecular flexibility index (Phi) is 5.36. The highest BCUT2D eigenvalue weighted by Gasteiger charge is 2.09. The molecule has 1 amide bonds. The topological polar surface area (TPSA) is 96.7 Å². The van der Waals surface area contributed by atoms with E-state index in [0.29, 0.717) is 17.0 Å². The zero-order valence-electron chi connectivity index (χ0n) is 14.3. The molecule has 0 aliphatic heterocycles. The van der Waals surface area contributed by atoms with Crippen LogP contribution in [0.15, 0.2) is 60.0 Å². The van der Waals surface area contributed by atoms with Gasteiger partial charge >= 0.3 is 0 Å². The molecular formula is C19H15FN4O3. The summed E-state index contributed by atoms with van der Waals surface area (Å²) in [6.07, 6.45) is 3.96. The smallest absolute Gasteiger partial charge is 0.291 e. The SMILES string of the molecule is COc1ccc(F)c(/C=N/NC(=O)c2cncc(-c3ccc(O)cc3)n2)c1. The van der Waals surface area contributed by atoms with Crippen molar-refractivity contribution in [3.05, 3.63) is 71.9 Å². The van der Waals surface area contributed by atoms with Gasteiger partial charge in [0.1, 0.15) is 23.0 Å². The Morgan fingerprint density at radius 2 is 2.00 bits per heavy atom. The number of hydrogen-bond donors (Lipinski definition) is 2. The van der Waals surface area contributed by atoms with Crippen LogP contribution < -0.4 is 10.2 Å². The van der Waals surface area contributed by atoms with E-state index in [0.717, 1.165) is 0 Å². The summed E-state index contributed by atoms with van der Waals surface area (Å²) in [6.45, 7) is 0. The normalized spacial score (nSPS) is 10.7. The van der Waals surface area contributed by atoms with Crippen LogP contribution >= 0.6 is 0 Å². The molecule has 0 saturated carbocycles. The van der Waals surface area contributed by atoms with Crippen LogP contribution in [0.1, 0.15) is 16.1 Å². The average molecular weight is 366 g/mol. The summed E-state index contributed by atoms with van der Waals surface area (Å²) in [4.78, 5) is 20.4. The number of nitrogens with one attached hydrogen (secondary N) is 1. The minimum Gasteiger partial charge on any atom is -0.508 e. The lowest BCUT2D eigenvalue weighted by Gasteiger charge is -2.04. The minimum atomic E-state index is -0.595. The monoisotopic (exact) mass is 366 g/mol. The number of ether oxygens (including phenoxy) is 1. The number of halogens is 1. The van der Waals surface area contributed by atoms with Crippen molar-refractivity contribution < 1.29 is 19.0 Å². The third-order valence-corrected chi connectivity index (χ3v) is 3.60. The quantitative estimate of drug-likeness (QED) is 0.535. The molecule has 0 aliphatic rings. The third kappa shape index (κ3) is 4.43. The van der Waals surface area contributed by atoms with Crippen LogP contribution in [0.3, 0.4) is 0 Å². The molecule has 0 unspecified atom stereocenters. The molecule has 7 nitrogen and oxygen atoms in total. The minimum absolute atomic E-state index is 0.0452. The standard InChI is InChI=1S/C19H15FN4O3/c1-27-15-6-7-16(20)13(8-15)9-22-24-19(26)18-11-21-10-17(23-18)12-2-4-14(25)5-3-12/h2-11,25H,1H3,(H,24,26)/b22-9+. The molecule has 0 saturated heterocycles. The van der Waals surface area contributed by atoms with Crippen LogP contribution in [0.5, 0.6) is 11.5 Å². The zero-order valence-corrected chi connectivity index (χ0v) is 14.3. The van der Waals surface area contributed by atoms with Crippen molar-refractivity contribution in [2.75, 3.05) is 7.11 Å². The molecular weight excluding hydrogens is 351 g/mol. The van der Waals surface area contributed by atoms with E-state index in [9.17, 15) is 14.3 Å². The second-order valence-electron chi connectivity index (χ2n) is 5.42. The summed E-state index contributed by atoms with van der Waals surface area (Å²) < 4.78 is 18.7. The van der Waals surface area contributed by atoms with Crippen LogP contribution in [-0.2, 0) is 0 Å². The van der Waals surface area contributed by atoms with E-state index in [1.54, 1.807) is 12.1 Å². The van der Waals surface area contributed by atoms with E-state index in [1.165, 1.54) is 56.0 Å². The van der Waals surface area contributed by atoms with Gasteiger partial charge in [0.05, 0.1) is 31.4 Å². The van der Waals surface area contributed by atoms with Crippen LogP contribution in [-0.4, -0.2) is 34.3 Å². The highest BCUT2D eigenvalue weighted by Crippen LogP contribution is 2.19. The summed E-state index contributed by atoms with van der Waals surface area (Å²) in [6, 6.07) is 10.5. The van der Waals surface area contributed by atoms with Gasteiger partial charge in [-0.3, -0.25) is 9.78 Å². The summed E-state index contributed by atoms with van der Waals surface area (Å²) in [5.41, 5.74) is 3.65. The molecule has 0 spiro atoms. The molecule has 0 fully saturated rings. The first-order chi connectivity index (χ1) is 13.1. The third-order valence-electron chi connectivity index (χ3n) is 3.60. The fourth-order valence-electron chi connectivity index (χ4n) is 2.21. The first kappa shape index (κ1) is 18.0. The Hall–Kier alpha value is -3.81. The number of nitrogens with zero attached hydrogens (tertiary/aromatic N) is 3. The molecule has 0 bridgehead atoms. The summed E-state index contributed by atoms with van der Waals surface area (Å²) >= 11 is 0. The second-order valence-corrected chi connectivity index (χ2v) is 5.42. The highest BCUT2D eigenvalue weighted by atomic mass is 19.1. The van der Waals surface area contributed by atoms with Crippen molar-refractivity contribution in [3.63, 3.8) is 0 Å². The number of methoxy groups -OCH3 is 1. The molecule has 3 aromatic rings. The summed E-state index contributed by atoms with van der Waals surface area (Å²) in [7, 11) is 1.47. The van der Waals surface area contributed by atoms with Gasteiger partial charge in [0.2, 0.25) is 0 Å². The van der Waals surface area contributed by atoms with Crippen molar-refractivity contribution in [1.29, 1.82) is 0 Å². The number of benzene rings is 2. The van der Waals surface area contributed by atoms with Crippen molar-refractivity contribution in [3.8, 4) is 22.8 Å². The maximum Gasteiger partial charge on any atom is 0.291 e. The molecule has 1 aromatic heterocycles. The van der Waals surface area contributed by atoms with Crippen molar-refractivity contribution >= 4 is 12.1 Å². The van der Waals surface area contributed by atoms with E-state index in [-0.39, 0.29) is 17.0 Å². The first-order valence-corrected chi connectivity index (χ1v) is 7.85. The number of aromatic nitrogens is 2. The molecule has 0 radical (unpaired) electrons. The van der Waals surface area contributed by atoms with Crippen LogP contribution in [0, 0.1) is 5.82 Å². The Morgan fingerprint density at radius 1 is 1.22 bits per heavy atom. The largest absolute Gasteiger partial charge is 0.508 e. The summed E-state index contributed by atoms with van der Waals surface area (Å²) in [5, 5.41) is 13.1. The number of phenolic OH excluding ortho intramolecular Hbond substituents is 1. The van der Waals surface area contributed by atoms with Crippen molar-refractivity contribution in [2.45, 2.75) is 0 Å². The van der Waals surface area contributed by atoms with Crippen molar-refractivity contribution in [2.24, 2.45) is 5.10 Å². The number of carbonyl (C=O) groups excluding carboxylic acids is 1. The van der Waals surface area contributed by atoms with Crippen LogP contribution in [0.2, 0.25) is 0 Å². The Balaban J connectivity index is 1.73.